The lowest BCUT2D eigenvalue weighted by Crippen LogP contribution is -2.66. The molecule has 2 unspecified atom stereocenters. The van der Waals surface area contributed by atoms with Gasteiger partial charge in [-0.05, 0) is 39.0 Å². The van der Waals surface area contributed by atoms with Gasteiger partial charge in [0.25, 0.3) is 0 Å². The molecular weight excluding hydrogens is 200 g/mol. The topological polar surface area (TPSA) is 38.5 Å². The van der Waals surface area contributed by atoms with E-state index in [1.165, 1.54) is 19.3 Å². The molecule has 16 heavy (non-hydrogen) atoms. The minimum atomic E-state index is 0.247. The summed E-state index contributed by atoms with van der Waals surface area (Å²) in [5, 5.41) is 0. The number of nitrogens with two attached hydrogens (primary N) is 1. The number of likely N-dealkylation sites (tertiary alicyclic amines) is 1. The molecule has 0 bridgehead atoms. The van der Waals surface area contributed by atoms with Crippen LogP contribution in [-0.4, -0.2) is 42.3 Å². The molecule has 0 amide bonds. The van der Waals surface area contributed by atoms with E-state index in [1.807, 2.05) is 7.11 Å². The van der Waals surface area contributed by atoms with Crippen LogP contribution in [0.15, 0.2) is 0 Å². The van der Waals surface area contributed by atoms with Crippen LogP contribution in [0, 0.1) is 0 Å². The Morgan fingerprint density at radius 1 is 1.38 bits per heavy atom. The van der Waals surface area contributed by atoms with Crippen LogP contribution in [0.3, 0.4) is 0 Å². The van der Waals surface area contributed by atoms with Gasteiger partial charge in [0, 0.05) is 31.3 Å². The quantitative estimate of drug-likeness (QED) is 0.794. The van der Waals surface area contributed by atoms with E-state index in [0.29, 0.717) is 12.1 Å². The summed E-state index contributed by atoms with van der Waals surface area (Å²) in [5.41, 5.74) is 6.29. The lowest BCUT2D eigenvalue weighted by atomic mass is 9.72. The van der Waals surface area contributed by atoms with Gasteiger partial charge in [0.1, 0.15) is 0 Å². The van der Waals surface area contributed by atoms with Crippen LogP contribution < -0.4 is 5.73 Å². The predicted octanol–water partition coefficient (Wildman–Crippen LogP) is 1.76. The number of ether oxygens (including phenoxy) is 1. The average molecular weight is 226 g/mol. The number of methoxy groups -OCH3 is 1. The summed E-state index contributed by atoms with van der Waals surface area (Å²) in [7, 11) is 1.82. The van der Waals surface area contributed by atoms with Crippen molar-refractivity contribution in [3.63, 3.8) is 0 Å². The summed E-state index contributed by atoms with van der Waals surface area (Å²) in [6.07, 6.45) is 6.62. The van der Waals surface area contributed by atoms with Crippen LogP contribution >= 0.6 is 0 Å². The Morgan fingerprint density at radius 2 is 2.06 bits per heavy atom. The van der Waals surface area contributed by atoms with Crippen LogP contribution in [0.25, 0.3) is 0 Å². The van der Waals surface area contributed by atoms with Crippen molar-refractivity contribution in [3.8, 4) is 0 Å². The molecule has 0 aromatic carbocycles. The van der Waals surface area contributed by atoms with E-state index < -0.39 is 0 Å². The van der Waals surface area contributed by atoms with Gasteiger partial charge >= 0.3 is 0 Å². The molecule has 2 N–H and O–H groups in total. The van der Waals surface area contributed by atoms with Crippen LogP contribution in [0.2, 0.25) is 0 Å². The maximum Gasteiger partial charge on any atom is 0.0607 e. The standard InChI is InChI=1S/C13H26N2O/c1-4-11-6-5-10(2)15(11)13(9-14)7-12(8-13)16-3/h10-12H,4-9,14H2,1-3H3. The summed E-state index contributed by atoms with van der Waals surface area (Å²) in [6, 6.07) is 1.45. The molecule has 0 aromatic rings. The van der Waals surface area contributed by atoms with E-state index in [1.54, 1.807) is 0 Å². The van der Waals surface area contributed by atoms with Gasteiger partial charge in [-0.1, -0.05) is 6.92 Å². The molecule has 1 aliphatic heterocycles. The zero-order valence-corrected chi connectivity index (χ0v) is 10.9. The molecule has 94 valence electrons. The number of nitrogens with zero attached hydrogens (tertiary/aromatic N) is 1. The van der Waals surface area contributed by atoms with E-state index in [0.717, 1.165) is 25.4 Å². The van der Waals surface area contributed by atoms with Crippen molar-refractivity contribution < 1.29 is 4.74 Å². The molecule has 3 nitrogen and oxygen atoms in total. The fourth-order valence-corrected chi connectivity index (χ4v) is 3.76. The van der Waals surface area contributed by atoms with E-state index in [9.17, 15) is 0 Å². The summed E-state index contributed by atoms with van der Waals surface area (Å²) in [5.74, 6) is 0. The Balaban J connectivity index is 2.09. The molecule has 2 fully saturated rings. The summed E-state index contributed by atoms with van der Waals surface area (Å²) < 4.78 is 5.42. The Labute approximate surface area is 99.3 Å². The third kappa shape index (κ3) is 1.79. The number of hydrogen-bond donors (Lipinski definition) is 1. The minimum Gasteiger partial charge on any atom is -0.381 e. The van der Waals surface area contributed by atoms with Crippen LogP contribution in [-0.2, 0) is 4.74 Å². The van der Waals surface area contributed by atoms with Crippen molar-refractivity contribution in [2.75, 3.05) is 13.7 Å². The zero-order valence-electron chi connectivity index (χ0n) is 10.9. The van der Waals surface area contributed by atoms with E-state index in [-0.39, 0.29) is 5.54 Å². The highest BCUT2D eigenvalue weighted by Gasteiger charge is 2.52. The third-order valence-corrected chi connectivity index (χ3v) is 4.73. The van der Waals surface area contributed by atoms with Crippen molar-refractivity contribution >= 4 is 0 Å². The van der Waals surface area contributed by atoms with E-state index in [2.05, 4.69) is 18.7 Å². The van der Waals surface area contributed by atoms with Gasteiger partial charge in [0.15, 0.2) is 0 Å². The maximum absolute atomic E-state index is 6.05. The van der Waals surface area contributed by atoms with Gasteiger partial charge in [0.2, 0.25) is 0 Å². The molecule has 0 aromatic heterocycles. The van der Waals surface area contributed by atoms with Gasteiger partial charge in [0.05, 0.1) is 6.10 Å². The molecule has 1 saturated carbocycles. The number of rotatable bonds is 4. The van der Waals surface area contributed by atoms with Crippen LogP contribution in [0.5, 0.6) is 0 Å². The normalized spacial score (nSPS) is 44.6. The molecule has 1 heterocycles. The SMILES string of the molecule is CCC1CCC(C)N1C1(CN)CC(OC)C1. The molecule has 1 aliphatic carbocycles. The molecular formula is C13H26N2O. The summed E-state index contributed by atoms with van der Waals surface area (Å²) in [6.45, 7) is 5.44. The number of hydrogen-bond acceptors (Lipinski definition) is 3. The van der Waals surface area contributed by atoms with Crippen molar-refractivity contribution in [2.24, 2.45) is 5.73 Å². The molecule has 2 aliphatic rings. The first-order valence-electron chi connectivity index (χ1n) is 6.68. The second-order valence-corrected chi connectivity index (χ2v) is 5.59. The molecule has 0 radical (unpaired) electrons. The Hall–Kier alpha value is -0.120. The van der Waals surface area contributed by atoms with Crippen LogP contribution in [0.1, 0.15) is 46.0 Å². The van der Waals surface area contributed by atoms with Gasteiger partial charge in [-0.3, -0.25) is 4.90 Å². The first-order valence-corrected chi connectivity index (χ1v) is 6.68. The van der Waals surface area contributed by atoms with Crippen molar-refractivity contribution in [1.82, 2.24) is 4.90 Å². The predicted molar refractivity (Wildman–Crippen MR) is 66.4 cm³/mol. The first kappa shape index (κ1) is 12.3. The van der Waals surface area contributed by atoms with Gasteiger partial charge < -0.3 is 10.5 Å². The monoisotopic (exact) mass is 226 g/mol. The lowest BCUT2D eigenvalue weighted by molar-refractivity contribution is -0.104. The molecule has 2 atom stereocenters. The molecule has 2 rings (SSSR count). The minimum absolute atomic E-state index is 0.247. The fraction of sp³-hybridized carbons (Fsp3) is 1.00. The summed E-state index contributed by atoms with van der Waals surface area (Å²) >= 11 is 0. The van der Waals surface area contributed by atoms with E-state index >= 15 is 0 Å². The average Bonchev–Trinajstić information content (AvgIpc) is 2.61. The molecule has 0 spiro atoms. The lowest BCUT2D eigenvalue weighted by Gasteiger charge is -2.55. The largest absolute Gasteiger partial charge is 0.381 e. The first-order chi connectivity index (χ1) is 7.66. The Morgan fingerprint density at radius 3 is 2.56 bits per heavy atom. The summed E-state index contributed by atoms with van der Waals surface area (Å²) in [4.78, 5) is 2.71. The van der Waals surface area contributed by atoms with Gasteiger partial charge in [-0.15, -0.1) is 0 Å². The smallest absolute Gasteiger partial charge is 0.0607 e. The Bertz CT molecular complexity index is 238. The van der Waals surface area contributed by atoms with Crippen LogP contribution in [0.4, 0.5) is 0 Å². The van der Waals surface area contributed by atoms with Crippen molar-refractivity contribution in [1.29, 1.82) is 0 Å². The van der Waals surface area contributed by atoms with E-state index in [4.69, 9.17) is 10.5 Å². The Kier molecular flexibility index (Phi) is 3.57. The highest BCUT2D eigenvalue weighted by Crippen LogP contribution is 2.45. The highest BCUT2D eigenvalue weighted by atomic mass is 16.5. The highest BCUT2D eigenvalue weighted by molar-refractivity contribution is 5.09. The fourth-order valence-electron chi connectivity index (χ4n) is 3.76. The van der Waals surface area contributed by atoms with Gasteiger partial charge in [-0.2, -0.15) is 0 Å². The third-order valence-electron chi connectivity index (χ3n) is 4.73. The molecule has 1 saturated heterocycles. The van der Waals surface area contributed by atoms with Gasteiger partial charge in [-0.25, -0.2) is 0 Å². The second-order valence-electron chi connectivity index (χ2n) is 5.59. The zero-order chi connectivity index (χ0) is 11.8. The second kappa shape index (κ2) is 4.63. The van der Waals surface area contributed by atoms with Crippen molar-refractivity contribution in [3.05, 3.63) is 0 Å². The molecule has 3 heteroatoms. The maximum atomic E-state index is 6.05. The van der Waals surface area contributed by atoms with Crippen molar-refractivity contribution in [2.45, 2.75) is 69.7 Å².